The third-order valence-corrected chi connectivity index (χ3v) is 2.53. The van der Waals surface area contributed by atoms with E-state index in [1.807, 2.05) is 0 Å². The first-order chi connectivity index (χ1) is 8.33. The van der Waals surface area contributed by atoms with Crippen molar-refractivity contribution in [2.45, 2.75) is 6.54 Å². The Kier molecular flexibility index (Phi) is 2.44. The van der Waals surface area contributed by atoms with Gasteiger partial charge in [0.05, 0.1) is 10.7 Å². The van der Waals surface area contributed by atoms with Crippen LogP contribution in [0.15, 0.2) is 32.2 Å². The molecular formula is C8H5BrN6O2. The van der Waals surface area contributed by atoms with Crippen molar-refractivity contribution in [2.75, 3.05) is 0 Å². The van der Waals surface area contributed by atoms with Gasteiger partial charge in [-0.2, -0.15) is 4.98 Å². The standard InChI is InChI=1S/C8H5BrN6O2/c9-5-4-16-13-7(5)8-11-6(12-17-8)3-15-2-1-10-14-15/h1-2,4H,3H2. The summed E-state index contributed by atoms with van der Waals surface area (Å²) in [7, 11) is 0. The monoisotopic (exact) mass is 296 g/mol. The fraction of sp³-hybridized carbons (Fsp3) is 0.125. The first-order valence-electron chi connectivity index (χ1n) is 4.60. The minimum atomic E-state index is 0.292. The minimum absolute atomic E-state index is 0.292. The van der Waals surface area contributed by atoms with Crippen molar-refractivity contribution in [3.63, 3.8) is 0 Å². The predicted molar refractivity (Wildman–Crippen MR) is 56.6 cm³/mol. The van der Waals surface area contributed by atoms with Crippen LogP contribution in [0.2, 0.25) is 0 Å². The van der Waals surface area contributed by atoms with Gasteiger partial charge in [-0.15, -0.1) is 5.10 Å². The second kappa shape index (κ2) is 4.09. The maximum Gasteiger partial charge on any atom is 0.281 e. The quantitative estimate of drug-likeness (QED) is 0.714. The molecule has 17 heavy (non-hydrogen) atoms. The molecular weight excluding hydrogens is 292 g/mol. The van der Waals surface area contributed by atoms with E-state index in [2.05, 4.69) is 41.5 Å². The van der Waals surface area contributed by atoms with E-state index in [1.54, 1.807) is 17.1 Å². The van der Waals surface area contributed by atoms with E-state index >= 15 is 0 Å². The largest absolute Gasteiger partial charge is 0.363 e. The lowest BCUT2D eigenvalue weighted by Crippen LogP contribution is -2.02. The molecule has 0 aliphatic carbocycles. The maximum atomic E-state index is 5.06. The summed E-state index contributed by atoms with van der Waals surface area (Å²) in [5, 5.41) is 15.0. The van der Waals surface area contributed by atoms with Crippen molar-refractivity contribution >= 4 is 15.9 Å². The summed E-state index contributed by atoms with van der Waals surface area (Å²) in [5.41, 5.74) is 0.474. The number of rotatable bonds is 3. The molecule has 0 saturated carbocycles. The molecule has 3 heterocycles. The predicted octanol–water partition coefficient (Wildman–Crippen LogP) is 1.13. The topological polar surface area (TPSA) is 95.7 Å². The van der Waals surface area contributed by atoms with E-state index in [0.717, 1.165) is 0 Å². The summed E-state index contributed by atoms with van der Waals surface area (Å²) >= 11 is 3.26. The Bertz CT molecular complexity index is 616. The van der Waals surface area contributed by atoms with Crippen molar-refractivity contribution in [3.8, 4) is 11.6 Å². The third-order valence-electron chi connectivity index (χ3n) is 1.97. The van der Waals surface area contributed by atoms with Gasteiger partial charge < -0.3 is 9.05 Å². The summed E-state index contributed by atoms with van der Waals surface area (Å²) in [4.78, 5) is 4.17. The van der Waals surface area contributed by atoms with Crippen LogP contribution in [0.25, 0.3) is 11.6 Å². The average molecular weight is 297 g/mol. The van der Waals surface area contributed by atoms with Crippen LogP contribution >= 0.6 is 15.9 Å². The Hall–Kier alpha value is -2.03. The van der Waals surface area contributed by atoms with Crippen molar-refractivity contribution < 1.29 is 9.05 Å². The highest BCUT2D eigenvalue weighted by Crippen LogP contribution is 2.24. The SMILES string of the molecule is Brc1conc1-c1nc(Cn2ccnn2)no1. The average Bonchev–Trinajstić information content (AvgIpc) is 3.00. The molecule has 0 N–H and O–H groups in total. The van der Waals surface area contributed by atoms with Crippen LogP contribution in [0.4, 0.5) is 0 Å². The molecule has 0 radical (unpaired) electrons. The number of hydrogen-bond acceptors (Lipinski definition) is 7. The Labute approximate surface area is 103 Å². The fourth-order valence-corrected chi connectivity index (χ4v) is 1.57. The Morgan fingerprint density at radius 3 is 3.00 bits per heavy atom. The van der Waals surface area contributed by atoms with Gasteiger partial charge in [0.1, 0.15) is 12.8 Å². The normalized spacial score (nSPS) is 10.9. The third kappa shape index (κ3) is 1.96. The molecule has 3 aromatic heterocycles. The second-order valence-corrected chi connectivity index (χ2v) is 3.98. The molecule has 0 spiro atoms. The van der Waals surface area contributed by atoms with Gasteiger partial charge in [-0.05, 0) is 15.9 Å². The van der Waals surface area contributed by atoms with Gasteiger partial charge in [0, 0.05) is 6.20 Å². The second-order valence-electron chi connectivity index (χ2n) is 3.13. The van der Waals surface area contributed by atoms with Crippen LogP contribution in [0.3, 0.4) is 0 Å². The lowest BCUT2D eigenvalue weighted by Gasteiger charge is -1.91. The highest BCUT2D eigenvalue weighted by atomic mass is 79.9. The Morgan fingerprint density at radius 2 is 2.29 bits per heavy atom. The molecule has 86 valence electrons. The van der Waals surface area contributed by atoms with Crippen LogP contribution in [0, 0.1) is 0 Å². The number of nitrogens with zero attached hydrogens (tertiary/aromatic N) is 6. The van der Waals surface area contributed by atoms with Gasteiger partial charge in [0.2, 0.25) is 0 Å². The smallest absolute Gasteiger partial charge is 0.281 e. The van der Waals surface area contributed by atoms with E-state index in [-0.39, 0.29) is 0 Å². The molecule has 9 heteroatoms. The fourth-order valence-electron chi connectivity index (χ4n) is 1.24. The molecule has 0 aliphatic heterocycles. The molecule has 0 fully saturated rings. The van der Waals surface area contributed by atoms with E-state index < -0.39 is 0 Å². The zero-order valence-electron chi connectivity index (χ0n) is 8.32. The summed E-state index contributed by atoms with van der Waals surface area (Å²) in [6.07, 6.45) is 4.73. The Morgan fingerprint density at radius 1 is 1.35 bits per heavy atom. The zero-order chi connectivity index (χ0) is 11.7. The number of halogens is 1. The van der Waals surface area contributed by atoms with E-state index in [0.29, 0.717) is 28.4 Å². The molecule has 3 rings (SSSR count). The van der Waals surface area contributed by atoms with Crippen LogP contribution < -0.4 is 0 Å². The molecule has 3 aromatic rings. The lowest BCUT2D eigenvalue weighted by atomic mass is 10.4. The van der Waals surface area contributed by atoms with Crippen LogP contribution in [0.1, 0.15) is 5.82 Å². The Balaban J connectivity index is 1.86. The van der Waals surface area contributed by atoms with Crippen LogP contribution in [-0.2, 0) is 6.54 Å². The van der Waals surface area contributed by atoms with Crippen molar-refractivity contribution in [1.82, 2.24) is 30.3 Å². The van der Waals surface area contributed by atoms with Gasteiger partial charge in [0.25, 0.3) is 5.89 Å². The van der Waals surface area contributed by atoms with E-state index in [9.17, 15) is 0 Å². The molecule has 0 aliphatic rings. The van der Waals surface area contributed by atoms with Gasteiger partial charge in [-0.25, -0.2) is 4.68 Å². The lowest BCUT2D eigenvalue weighted by molar-refractivity contribution is 0.400. The summed E-state index contributed by atoms with van der Waals surface area (Å²) in [6.45, 7) is 0.388. The molecule has 8 nitrogen and oxygen atoms in total. The highest BCUT2D eigenvalue weighted by molar-refractivity contribution is 9.10. The van der Waals surface area contributed by atoms with Gasteiger partial charge in [-0.1, -0.05) is 15.5 Å². The van der Waals surface area contributed by atoms with Crippen LogP contribution in [0.5, 0.6) is 0 Å². The van der Waals surface area contributed by atoms with Gasteiger partial charge in [-0.3, -0.25) is 0 Å². The first-order valence-corrected chi connectivity index (χ1v) is 5.39. The summed E-state index contributed by atoms with van der Waals surface area (Å²) in [5.74, 6) is 0.779. The van der Waals surface area contributed by atoms with Crippen LogP contribution in [-0.4, -0.2) is 30.3 Å². The summed E-state index contributed by atoms with van der Waals surface area (Å²) in [6, 6.07) is 0. The van der Waals surface area contributed by atoms with Crippen molar-refractivity contribution in [3.05, 3.63) is 29.0 Å². The number of aromatic nitrogens is 6. The summed E-state index contributed by atoms with van der Waals surface area (Å²) < 4.78 is 12.1. The molecule has 0 amide bonds. The van der Waals surface area contributed by atoms with E-state index in [1.165, 1.54) is 6.26 Å². The zero-order valence-corrected chi connectivity index (χ0v) is 9.90. The van der Waals surface area contributed by atoms with E-state index in [4.69, 9.17) is 9.05 Å². The highest BCUT2D eigenvalue weighted by Gasteiger charge is 2.16. The van der Waals surface area contributed by atoms with Gasteiger partial charge >= 0.3 is 0 Å². The van der Waals surface area contributed by atoms with Crippen molar-refractivity contribution in [1.29, 1.82) is 0 Å². The molecule has 0 unspecified atom stereocenters. The van der Waals surface area contributed by atoms with Crippen molar-refractivity contribution in [2.24, 2.45) is 0 Å². The molecule has 0 saturated heterocycles. The minimum Gasteiger partial charge on any atom is -0.363 e. The molecule has 0 atom stereocenters. The molecule has 0 bridgehead atoms. The first kappa shape index (κ1) is 10.1. The maximum absolute atomic E-state index is 5.06. The molecule has 0 aromatic carbocycles. The van der Waals surface area contributed by atoms with Gasteiger partial charge in [0.15, 0.2) is 11.5 Å². The number of hydrogen-bond donors (Lipinski definition) is 0.